The Morgan fingerprint density at radius 3 is 2.55 bits per heavy atom. The predicted molar refractivity (Wildman–Crippen MR) is 158 cm³/mol. The summed E-state index contributed by atoms with van der Waals surface area (Å²) < 4.78 is 12.0. The van der Waals surface area contributed by atoms with E-state index < -0.39 is 38.3 Å². The number of carbonyl (C=O) groups excluding carboxylic acids is 3. The molecule has 0 spiro atoms. The molecule has 2 saturated heterocycles. The van der Waals surface area contributed by atoms with Crippen molar-refractivity contribution in [3.8, 4) is 5.75 Å². The highest BCUT2D eigenvalue weighted by atomic mass is 28.3. The molecule has 0 aliphatic carbocycles. The molecule has 3 atom stereocenters. The molecule has 0 bridgehead atoms. The molecule has 2 aromatic rings. The summed E-state index contributed by atoms with van der Waals surface area (Å²) in [6.07, 6.45) is -1.14. The Kier molecular flexibility index (Phi) is 8.55. The lowest BCUT2D eigenvalue weighted by Crippen LogP contribution is -2.55. The molecule has 1 unspecified atom stereocenters. The molecule has 4 amide bonds. The van der Waals surface area contributed by atoms with Crippen LogP contribution in [0.4, 0.5) is 10.5 Å². The number of fused-ring (bicyclic) bond motifs is 1. The summed E-state index contributed by atoms with van der Waals surface area (Å²) >= 11 is 0. The van der Waals surface area contributed by atoms with Crippen LogP contribution in [0, 0.1) is 0 Å². The van der Waals surface area contributed by atoms with Crippen molar-refractivity contribution < 1.29 is 33.8 Å². The van der Waals surface area contributed by atoms with Crippen LogP contribution in [0.5, 0.6) is 5.75 Å². The number of benzene rings is 2. The van der Waals surface area contributed by atoms with Gasteiger partial charge in [0.1, 0.15) is 24.6 Å². The Balaban J connectivity index is 1.25. The van der Waals surface area contributed by atoms with Crippen LogP contribution in [0.15, 0.2) is 48.5 Å². The number of hydrogen-bond donors (Lipinski definition) is 2. The van der Waals surface area contributed by atoms with E-state index in [9.17, 15) is 24.3 Å². The average molecular weight is 595 g/mol. The van der Waals surface area contributed by atoms with Gasteiger partial charge in [-0.05, 0) is 48.4 Å². The highest BCUT2D eigenvalue weighted by Gasteiger charge is 2.43. The van der Waals surface area contributed by atoms with Crippen molar-refractivity contribution in [2.75, 3.05) is 31.3 Å². The molecule has 3 aliphatic rings. The molecule has 5 rings (SSSR count). The van der Waals surface area contributed by atoms with Gasteiger partial charge in [0.25, 0.3) is 11.8 Å². The number of rotatable bonds is 10. The SMILES string of the molecule is C[Si](C)(C)CCOCN1C(=O)CCC(N2Cc3cc(O[C@H]4CN(c5ccccc5)C[C@@H]4NC(=O)O)ccc3C2=O)C1=O. The van der Waals surface area contributed by atoms with Crippen LogP contribution >= 0.6 is 0 Å². The number of carbonyl (C=O) groups is 4. The van der Waals surface area contributed by atoms with Crippen molar-refractivity contribution >= 4 is 37.6 Å². The summed E-state index contributed by atoms with van der Waals surface area (Å²) in [5.74, 6) is -0.436. The first-order chi connectivity index (χ1) is 20.0. The molecule has 0 radical (unpaired) electrons. The second-order valence-electron chi connectivity index (χ2n) is 12.3. The number of para-hydroxylation sites is 1. The van der Waals surface area contributed by atoms with E-state index in [1.807, 2.05) is 30.3 Å². The number of amides is 4. The molecule has 0 saturated carbocycles. The molecular weight excluding hydrogens is 556 g/mol. The third-order valence-electron chi connectivity index (χ3n) is 7.97. The maximum Gasteiger partial charge on any atom is 0.405 e. The Labute approximate surface area is 246 Å². The van der Waals surface area contributed by atoms with E-state index in [4.69, 9.17) is 9.47 Å². The zero-order chi connectivity index (χ0) is 30.0. The van der Waals surface area contributed by atoms with Gasteiger partial charge >= 0.3 is 6.09 Å². The number of anilines is 1. The minimum Gasteiger partial charge on any atom is -0.486 e. The van der Waals surface area contributed by atoms with Crippen molar-refractivity contribution in [3.63, 3.8) is 0 Å². The zero-order valence-electron chi connectivity index (χ0n) is 24.2. The first-order valence-corrected chi connectivity index (χ1v) is 18.0. The van der Waals surface area contributed by atoms with Gasteiger partial charge in [-0.1, -0.05) is 37.8 Å². The normalized spacial score (nSPS) is 22.5. The zero-order valence-corrected chi connectivity index (χ0v) is 25.2. The lowest BCUT2D eigenvalue weighted by atomic mass is 10.0. The number of nitrogens with zero attached hydrogens (tertiary/aromatic N) is 3. The van der Waals surface area contributed by atoms with Crippen LogP contribution in [-0.4, -0.2) is 91.4 Å². The Bertz CT molecular complexity index is 1350. The summed E-state index contributed by atoms with van der Waals surface area (Å²) in [4.78, 5) is 55.4. The molecule has 2 N–H and O–H groups in total. The molecular formula is C30H38N4O7Si. The predicted octanol–water partition coefficient (Wildman–Crippen LogP) is 3.38. The van der Waals surface area contributed by atoms with E-state index in [0.717, 1.165) is 22.2 Å². The minimum absolute atomic E-state index is 0.0987. The van der Waals surface area contributed by atoms with E-state index in [2.05, 4.69) is 29.9 Å². The van der Waals surface area contributed by atoms with Crippen molar-refractivity contribution in [2.45, 2.75) is 63.3 Å². The quantitative estimate of drug-likeness (QED) is 0.243. The largest absolute Gasteiger partial charge is 0.486 e. The smallest absolute Gasteiger partial charge is 0.405 e. The summed E-state index contributed by atoms with van der Waals surface area (Å²) in [7, 11) is -1.31. The van der Waals surface area contributed by atoms with E-state index in [1.165, 1.54) is 4.90 Å². The van der Waals surface area contributed by atoms with Gasteiger partial charge in [0.05, 0.1) is 12.6 Å². The number of carboxylic acid groups (broad SMARTS) is 1. The second-order valence-corrected chi connectivity index (χ2v) is 17.9. The van der Waals surface area contributed by atoms with E-state index >= 15 is 0 Å². The summed E-state index contributed by atoms with van der Waals surface area (Å²) in [6.45, 7) is 8.24. The summed E-state index contributed by atoms with van der Waals surface area (Å²) in [6, 6.07) is 14.6. The highest BCUT2D eigenvalue weighted by Crippen LogP contribution is 2.32. The van der Waals surface area contributed by atoms with Gasteiger partial charge < -0.3 is 29.7 Å². The number of ether oxygens (including phenoxy) is 2. The number of likely N-dealkylation sites (tertiary alicyclic amines) is 1. The molecule has 3 aliphatic heterocycles. The molecule has 12 heteroatoms. The van der Waals surface area contributed by atoms with Gasteiger partial charge in [-0.25, -0.2) is 4.79 Å². The first kappa shape index (κ1) is 29.6. The number of nitrogens with one attached hydrogen (secondary N) is 1. The van der Waals surface area contributed by atoms with Crippen LogP contribution in [0.2, 0.25) is 25.7 Å². The van der Waals surface area contributed by atoms with E-state index in [1.54, 1.807) is 18.2 Å². The minimum atomic E-state index is -1.31. The standard InChI is InChI=1S/C30H38N4O7Si/c1-42(2,3)14-13-40-19-34-27(35)12-11-25(29(34)37)33-16-20-15-22(9-10-23(20)28(33)36)41-26-18-32(17-24(26)31-30(38)39)21-7-5-4-6-8-21/h4-10,15,24-26,31H,11-14,16-19H2,1-3H3,(H,38,39)/t24-,25?,26-/m0/s1. The van der Waals surface area contributed by atoms with Crippen molar-refractivity contribution in [1.29, 1.82) is 0 Å². The summed E-state index contributed by atoms with van der Waals surface area (Å²) in [5, 5.41) is 12.0. The monoisotopic (exact) mass is 594 g/mol. The Morgan fingerprint density at radius 2 is 1.83 bits per heavy atom. The van der Waals surface area contributed by atoms with Crippen molar-refractivity contribution in [2.24, 2.45) is 0 Å². The van der Waals surface area contributed by atoms with E-state index in [-0.39, 0.29) is 37.9 Å². The van der Waals surface area contributed by atoms with Crippen LogP contribution in [0.1, 0.15) is 28.8 Å². The van der Waals surface area contributed by atoms with Crippen LogP contribution in [-0.2, 0) is 20.9 Å². The van der Waals surface area contributed by atoms with Crippen molar-refractivity contribution in [3.05, 3.63) is 59.7 Å². The van der Waals surface area contributed by atoms with Gasteiger partial charge in [-0.2, -0.15) is 0 Å². The average Bonchev–Trinajstić information content (AvgIpc) is 3.47. The molecule has 0 aromatic heterocycles. The van der Waals surface area contributed by atoms with Gasteiger partial charge in [-0.15, -0.1) is 0 Å². The number of hydrogen-bond acceptors (Lipinski definition) is 7. The van der Waals surface area contributed by atoms with Gasteiger partial charge in [0.15, 0.2) is 0 Å². The van der Waals surface area contributed by atoms with Gasteiger partial charge in [0.2, 0.25) is 5.91 Å². The fraction of sp³-hybridized carbons (Fsp3) is 0.467. The number of imide groups is 1. The third-order valence-corrected chi connectivity index (χ3v) is 9.67. The molecule has 2 aromatic carbocycles. The fourth-order valence-corrected chi connectivity index (χ4v) is 6.40. The Hall–Kier alpha value is -3.90. The second kappa shape index (κ2) is 12.1. The lowest BCUT2D eigenvalue weighted by molar-refractivity contribution is -0.158. The highest BCUT2D eigenvalue weighted by molar-refractivity contribution is 6.76. The fourth-order valence-electron chi connectivity index (χ4n) is 5.64. The van der Waals surface area contributed by atoms with Crippen molar-refractivity contribution in [1.82, 2.24) is 15.1 Å². The lowest BCUT2D eigenvalue weighted by Gasteiger charge is -2.35. The molecule has 3 heterocycles. The molecule has 11 nitrogen and oxygen atoms in total. The number of piperidine rings is 1. The van der Waals surface area contributed by atoms with Gasteiger partial charge in [0, 0.05) is 45.4 Å². The molecule has 2 fully saturated rings. The third kappa shape index (κ3) is 6.60. The van der Waals surface area contributed by atoms with Crippen LogP contribution in [0.25, 0.3) is 0 Å². The van der Waals surface area contributed by atoms with E-state index in [0.29, 0.717) is 31.0 Å². The summed E-state index contributed by atoms with van der Waals surface area (Å²) in [5.41, 5.74) is 2.19. The molecule has 42 heavy (non-hydrogen) atoms. The Morgan fingerprint density at radius 1 is 1.07 bits per heavy atom. The van der Waals surface area contributed by atoms with Gasteiger partial charge in [-0.3, -0.25) is 19.3 Å². The first-order valence-electron chi connectivity index (χ1n) is 14.3. The maximum absolute atomic E-state index is 13.4. The molecule has 224 valence electrons. The van der Waals surface area contributed by atoms with Crippen LogP contribution < -0.4 is 15.0 Å². The maximum atomic E-state index is 13.4. The topological polar surface area (TPSA) is 129 Å². The van der Waals surface area contributed by atoms with Crippen LogP contribution in [0.3, 0.4) is 0 Å².